The van der Waals surface area contributed by atoms with Gasteiger partial charge in [0.2, 0.25) is 0 Å². The lowest BCUT2D eigenvalue weighted by Crippen LogP contribution is -1.92. The number of benzene rings is 20. The molecular weight excluding hydrogens is 1750 g/mol. The second-order valence-corrected chi connectivity index (χ2v) is 36.3. The van der Waals surface area contributed by atoms with E-state index in [1.807, 2.05) is 49.4 Å². The summed E-state index contributed by atoms with van der Waals surface area (Å²) >= 11 is 0. The van der Waals surface area contributed by atoms with Gasteiger partial charge in [-0.25, -0.2) is 19.9 Å². The van der Waals surface area contributed by atoms with E-state index in [1.54, 1.807) is 0 Å². The number of rotatable bonds is 12. The van der Waals surface area contributed by atoms with Crippen molar-refractivity contribution in [3.05, 3.63) is 535 Å². The number of nitrogens with zero attached hydrogens (tertiary/aromatic N) is 8. The maximum Gasteiger partial charge on any atom is 0.0780 e. The van der Waals surface area contributed by atoms with Crippen molar-refractivity contribution in [1.29, 1.82) is 0 Å². The quantitative estimate of drug-likeness (QED) is 0.111. The Morgan fingerprint density at radius 3 is 0.826 bits per heavy atom. The first-order valence-corrected chi connectivity index (χ1v) is 48.7. The number of hydrogen-bond acceptors (Lipinski definition) is 8. The van der Waals surface area contributed by atoms with Crippen LogP contribution in [-0.4, -0.2) is 39.9 Å². The van der Waals surface area contributed by atoms with Crippen LogP contribution in [0.2, 0.25) is 0 Å². The molecule has 0 aliphatic carbocycles. The maximum absolute atomic E-state index is 5.17. The lowest BCUT2D eigenvalue weighted by Gasteiger charge is -2.14. The van der Waals surface area contributed by atoms with E-state index < -0.39 is 0 Å². The molecule has 0 N–H and O–H groups in total. The van der Waals surface area contributed by atoms with Gasteiger partial charge < -0.3 is 0 Å². The highest BCUT2D eigenvalue weighted by Gasteiger charge is 2.22. The van der Waals surface area contributed by atoms with Crippen LogP contribution in [-0.2, 0) is 0 Å². The summed E-state index contributed by atoms with van der Waals surface area (Å²) in [6.07, 6.45) is 13.3. The zero-order valence-corrected chi connectivity index (χ0v) is 78.4. The van der Waals surface area contributed by atoms with E-state index in [9.17, 15) is 0 Å². The van der Waals surface area contributed by atoms with Crippen molar-refractivity contribution >= 4 is 130 Å². The normalized spacial score (nSPS) is 11.3. The smallest absolute Gasteiger partial charge is 0.0780 e. The highest BCUT2D eigenvalue weighted by Crippen LogP contribution is 2.46. The zero-order chi connectivity index (χ0) is 95.6. The summed E-state index contributed by atoms with van der Waals surface area (Å²) in [4.78, 5) is 38.5. The Balaban J connectivity index is 0.000000101. The van der Waals surface area contributed by atoms with Gasteiger partial charge in [-0.15, -0.1) is 0 Å². The molecule has 8 aromatic heterocycles. The van der Waals surface area contributed by atoms with Crippen molar-refractivity contribution in [1.82, 2.24) is 39.9 Å². The van der Waals surface area contributed by atoms with E-state index in [4.69, 9.17) is 19.9 Å². The predicted molar refractivity (Wildman–Crippen MR) is 603 cm³/mol. The van der Waals surface area contributed by atoms with Crippen LogP contribution in [0.4, 0.5) is 0 Å². The molecule has 0 spiro atoms. The minimum absolute atomic E-state index is 0.965. The summed E-state index contributed by atoms with van der Waals surface area (Å²) in [5.74, 6) is 0. The SMILES string of the molecule is c1ccc(-c2cc(-c3cccc(-c4cccc5cccnc45)c3)nc3ccc4ccccc4c23)cc1.c1ccc(-c2cc(-c3cccc(-c4cccc5ccncc45)c3)nc3ccc4ccccc4c23)cc1.c1ccc(-c2cc(-c3cccc(-c4cccc5cnccc45)c3)nc3ccc4ccccc4c23)cc1.c1ccc(-c2cc(-c3cccc(-c4cncc5ccccc45)c3)nc3ccc4ccccc4c23)cc1. The number of hydrogen-bond donors (Lipinski definition) is 0. The third-order valence-corrected chi connectivity index (χ3v) is 27.7. The number of pyridine rings is 8. The van der Waals surface area contributed by atoms with Gasteiger partial charge in [-0.1, -0.05) is 400 Å². The minimum atomic E-state index is 0.965. The van der Waals surface area contributed by atoms with Crippen LogP contribution < -0.4 is 0 Å². The molecule has 8 heteroatoms. The van der Waals surface area contributed by atoms with Crippen LogP contribution in [0.25, 0.3) is 264 Å². The lowest BCUT2D eigenvalue weighted by molar-refractivity contribution is 1.36. The van der Waals surface area contributed by atoms with E-state index in [0.29, 0.717) is 0 Å². The molecule has 0 aliphatic heterocycles. The van der Waals surface area contributed by atoms with Crippen LogP contribution in [0.3, 0.4) is 0 Å². The molecule has 672 valence electrons. The maximum atomic E-state index is 5.17. The van der Waals surface area contributed by atoms with E-state index in [1.165, 1.54) is 142 Å². The van der Waals surface area contributed by atoms with Gasteiger partial charge in [0.05, 0.1) is 50.4 Å². The topological polar surface area (TPSA) is 103 Å². The molecule has 0 fully saturated rings. The van der Waals surface area contributed by atoms with Crippen molar-refractivity contribution in [2.24, 2.45) is 0 Å². The molecule has 0 atom stereocenters. The number of fused-ring (bicyclic) bond motifs is 16. The molecule has 20 aromatic carbocycles. The lowest BCUT2D eigenvalue weighted by atomic mass is 9.93. The van der Waals surface area contributed by atoms with E-state index in [2.05, 4.69) is 505 Å². The average molecular weight is 1830 g/mol. The molecular formula is C136H88N8. The van der Waals surface area contributed by atoms with Crippen molar-refractivity contribution < 1.29 is 0 Å². The van der Waals surface area contributed by atoms with Gasteiger partial charge in [0.1, 0.15) is 0 Å². The van der Waals surface area contributed by atoms with Crippen molar-refractivity contribution in [2.45, 2.75) is 0 Å². The fraction of sp³-hybridized carbons (Fsp3) is 0. The predicted octanol–water partition coefficient (Wildman–Crippen LogP) is 35.7. The highest BCUT2D eigenvalue weighted by atomic mass is 14.7. The molecule has 0 amide bonds. The molecule has 0 radical (unpaired) electrons. The zero-order valence-electron chi connectivity index (χ0n) is 78.4. The Morgan fingerprint density at radius 1 is 0.132 bits per heavy atom. The molecule has 28 aromatic rings. The Morgan fingerprint density at radius 2 is 0.410 bits per heavy atom. The first-order chi connectivity index (χ1) is 71.4. The molecule has 0 unspecified atom stereocenters. The monoisotopic (exact) mass is 1830 g/mol. The second kappa shape index (κ2) is 38.2. The second-order valence-electron chi connectivity index (χ2n) is 36.3. The molecule has 0 saturated carbocycles. The van der Waals surface area contributed by atoms with Crippen molar-refractivity contribution in [3.8, 4) is 134 Å². The fourth-order valence-corrected chi connectivity index (χ4v) is 20.8. The Kier molecular flexibility index (Phi) is 22.9. The molecule has 8 nitrogen and oxygen atoms in total. The molecule has 0 bridgehead atoms. The summed E-state index contributed by atoms with van der Waals surface area (Å²) in [7, 11) is 0. The minimum Gasteiger partial charge on any atom is -0.264 e. The van der Waals surface area contributed by atoms with E-state index >= 15 is 0 Å². The van der Waals surface area contributed by atoms with Crippen LogP contribution in [0.1, 0.15) is 0 Å². The molecule has 144 heavy (non-hydrogen) atoms. The van der Waals surface area contributed by atoms with Crippen molar-refractivity contribution in [3.63, 3.8) is 0 Å². The highest BCUT2D eigenvalue weighted by molar-refractivity contribution is 6.18. The number of para-hydroxylation sites is 1. The summed E-state index contributed by atoms with van der Waals surface area (Å²) in [6, 6.07) is 173. The van der Waals surface area contributed by atoms with Gasteiger partial charge in [0, 0.05) is 120 Å². The van der Waals surface area contributed by atoms with Crippen LogP contribution in [0.15, 0.2) is 535 Å². The van der Waals surface area contributed by atoms with E-state index in [-0.39, 0.29) is 0 Å². The Labute approximate surface area is 832 Å². The van der Waals surface area contributed by atoms with Gasteiger partial charge in [-0.05, 0) is 228 Å². The van der Waals surface area contributed by atoms with Crippen molar-refractivity contribution in [2.75, 3.05) is 0 Å². The van der Waals surface area contributed by atoms with E-state index in [0.717, 1.165) is 122 Å². The molecule has 0 saturated heterocycles. The molecule has 8 heterocycles. The van der Waals surface area contributed by atoms with Crippen LogP contribution in [0.5, 0.6) is 0 Å². The standard InChI is InChI=1S/4C34H22N2/c1-2-9-23(10-3-1)30-20-33(36-32-18-17-24-11-4-7-16-29(24)34(30)32)26-14-8-13-25(19-26)31-22-35-21-27-12-5-6-15-28(27)31;1-2-9-23(10-3-1)30-22-32(36-31-19-18-24-11-4-5-16-28(24)33(30)31)27-14-6-13-26(21-27)29-17-7-12-25-15-8-20-35-34(25)29;1-2-8-23(9-3-1)30-21-33(36-32-17-16-24-10-4-5-14-29(24)34(30)32)27-13-6-12-26(20-27)28-15-7-11-25-18-19-35-22-31(25)28;1-2-8-23(9-3-1)31-21-33(36-32-17-16-24-10-4-5-14-30(24)34(31)32)26-12-6-11-25(20-26)28-15-7-13-27-22-35-19-18-29(27)28/h4*1-22H. The third-order valence-electron chi connectivity index (χ3n) is 27.7. The molecule has 28 rings (SSSR count). The third kappa shape index (κ3) is 16.8. The van der Waals surface area contributed by atoms with Crippen LogP contribution in [0, 0.1) is 0 Å². The summed E-state index contributed by atoms with van der Waals surface area (Å²) in [6.45, 7) is 0. The van der Waals surface area contributed by atoms with Gasteiger partial charge >= 0.3 is 0 Å². The fourth-order valence-electron chi connectivity index (χ4n) is 20.8. The van der Waals surface area contributed by atoms with Crippen LogP contribution >= 0.6 is 0 Å². The summed E-state index contributed by atoms with van der Waals surface area (Å²) in [5, 5.41) is 22.7. The Bertz CT molecular complexity index is 8650. The largest absolute Gasteiger partial charge is 0.264 e. The first kappa shape index (κ1) is 86.3. The number of aromatic nitrogens is 8. The van der Waals surface area contributed by atoms with Gasteiger partial charge in [-0.3, -0.25) is 19.9 Å². The molecule has 0 aliphatic rings. The van der Waals surface area contributed by atoms with Gasteiger partial charge in [-0.2, -0.15) is 0 Å². The summed E-state index contributed by atoms with van der Waals surface area (Å²) < 4.78 is 0. The Hall–Kier alpha value is -19.3. The van der Waals surface area contributed by atoms with Gasteiger partial charge in [0.15, 0.2) is 0 Å². The summed E-state index contributed by atoms with van der Waals surface area (Å²) in [5.41, 5.74) is 32.1. The first-order valence-electron chi connectivity index (χ1n) is 48.7. The average Bonchev–Trinajstić information content (AvgIpc) is 0.759. The van der Waals surface area contributed by atoms with Gasteiger partial charge in [0.25, 0.3) is 0 Å².